The molecule has 2 aromatic rings. The Morgan fingerprint density at radius 2 is 1.80 bits per heavy atom. The molecule has 20 heavy (non-hydrogen) atoms. The van der Waals surface area contributed by atoms with E-state index in [9.17, 15) is 13.2 Å². The number of anilines is 1. The number of hydrogen-bond acceptors (Lipinski definition) is 3. The van der Waals surface area contributed by atoms with Gasteiger partial charge < -0.3 is 5.32 Å². The summed E-state index contributed by atoms with van der Waals surface area (Å²) in [4.78, 5) is 12.0. The lowest BCUT2D eigenvalue weighted by Gasteiger charge is -2.11. The average Bonchev–Trinajstić information content (AvgIpc) is 2.36. The van der Waals surface area contributed by atoms with Gasteiger partial charge in [-0.15, -0.1) is 0 Å². The van der Waals surface area contributed by atoms with E-state index in [2.05, 4.69) is 5.32 Å². The van der Waals surface area contributed by atoms with Crippen LogP contribution in [0.25, 0.3) is 10.8 Å². The molecule has 1 N–H and O–H groups in total. The van der Waals surface area contributed by atoms with Gasteiger partial charge in [0.1, 0.15) is 9.84 Å². The largest absolute Gasteiger partial charge is 0.326 e. The van der Waals surface area contributed by atoms with Crippen LogP contribution < -0.4 is 5.32 Å². The Labute approximate surface area is 118 Å². The minimum absolute atomic E-state index is 0.146. The van der Waals surface area contributed by atoms with E-state index in [-0.39, 0.29) is 11.7 Å². The highest BCUT2D eigenvalue weighted by molar-refractivity contribution is 7.90. The molecule has 1 unspecified atom stereocenters. The number of rotatable bonds is 4. The first kappa shape index (κ1) is 14.5. The predicted molar refractivity (Wildman–Crippen MR) is 81.5 cm³/mol. The molecule has 106 valence electrons. The molecule has 0 aliphatic rings. The van der Waals surface area contributed by atoms with Crippen LogP contribution in [0.15, 0.2) is 42.5 Å². The molecule has 0 saturated heterocycles. The summed E-state index contributed by atoms with van der Waals surface area (Å²) in [7, 11) is -3.16. The molecular formula is C15H17NO3S. The zero-order valence-corrected chi connectivity index (χ0v) is 12.3. The summed E-state index contributed by atoms with van der Waals surface area (Å²) in [6.45, 7) is 1.61. The zero-order chi connectivity index (χ0) is 14.8. The normalized spacial score (nSPS) is 13.1. The van der Waals surface area contributed by atoms with Crippen molar-refractivity contribution in [3.05, 3.63) is 42.5 Å². The highest BCUT2D eigenvalue weighted by Crippen LogP contribution is 2.19. The Balaban J connectivity index is 2.13. The highest BCUT2D eigenvalue weighted by atomic mass is 32.2. The molecule has 0 heterocycles. The van der Waals surface area contributed by atoms with Crippen molar-refractivity contribution in [3.8, 4) is 0 Å². The van der Waals surface area contributed by atoms with E-state index >= 15 is 0 Å². The van der Waals surface area contributed by atoms with Crippen molar-refractivity contribution < 1.29 is 13.2 Å². The lowest BCUT2D eigenvalue weighted by Crippen LogP contribution is -2.26. The Hall–Kier alpha value is -1.88. The van der Waals surface area contributed by atoms with Crippen molar-refractivity contribution in [3.63, 3.8) is 0 Å². The van der Waals surface area contributed by atoms with Gasteiger partial charge in [-0.25, -0.2) is 8.42 Å². The van der Waals surface area contributed by atoms with Crippen molar-refractivity contribution in [2.24, 2.45) is 5.92 Å². The maximum Gasteiger partial charge on any atom is 0.228 e. The van der Waals surface area contributed by atoms with Crippen molar-refractivity contribution >= 4 is 32.2 Å². The Bertz CT molecular complexity index is 738. The molecule has 0 saturated carbocycles. The Kier molecular flexibility index (Phi) is 4.09. The summed E-state index contributed by atoms with van der Waals surface area (Å²) < 4.78 is 22.4. The summed E-state index contributed by atoms with van der Waals surface area (Å²) >= 11 is 0. The summed E-state index contributed by atoms with van der Waals surface area (Å²) in [5.41, 5.74) is 0.675. The smallest absolute Gasteiger partial charge is 0.228 e. The van der Waals surface area contributed by atoms with Crippen molar-refractivity contribution in [1.29, 1.82) is 0 Å². The first-order valence-corrected chi connectivity index (χ1v) is 8.38. The van der Waals surface area contributed by atoms with Crippen LogP contribution in [0.4, 0.5) is 5.69 Å². The van der Waals surface area contributed by atoms with E-state index < -0.39 is 15.8 Å². The maximum absolute atomic E-state index is 12.0. The van der Waals surface area contributed by atoms with Crippen LogP contribution in [0.2, 0.25) is 0 Å². The minimum Gasteiger partial charge on any atom is -0.326 e. The van der Waals surface area contributed by atoms with Crippen LogP contribution in [0.3, 0.4) is 0 Å². The van der Waals surface area contributed by atoms with Crippen LogP contribution in [0.1, 0.15) is 6.92 Å². The van der Waals surface area contributed by atoms with Gasteiger partial charge in [0.05, 0.1) is 5.75 Å². The molecule has 1 amide bonds. The number of carbonyl (C=O) groups excluding carboxylic acids is 1. The molecule has 2 aromatic carbocycles. The molecule has 0 radical (unpaired) electrons. The minimum atomic E-state index is -3.16. The van der Waals surface area contributed by atoms with Gasteiger partial charge in [-0.2, -0.15) is 0 Å². The summed E-state index contributed by atoms with van der Waals surface area (Å²) in [6, 6.07) is 13.5. The number of carbonyl (C=O) groups is 1. The second-order valence-corrected chi connectivity index (χ2v) is 7.23. The van der Waals surface area contributed by atoms with Crippen molar-refractivity contribution in [1.82, 2.24) is 0 Å². The molecule has 1 atom stereocenters. The van der Waals surface area contributed by atoms with Gasteiger partial charge in [0.15, 0.2) is 0 Å². The van der Waals surface area contributed by atoms with Crippen molar-refractivity contribution in [2.75, 3.05) is 17.3 Å². The summed E-state index contributed by atoms with van der Waals surface area (Å²) in [5.74, 6) is -1.01. The SMILES string of the molecule is CC(CS(C)(=O)=O)C(=O)Nc1ccc2ccccc2c1. The van der Waals surface area contributed by atoms with Crippen LogP contribution in [-0.4, -0.2) is 26.3 Å². The number of nitrogens with one attached hydrogen (secondary N) is 1. The first-order chi connectivity index (χ1) is 9.35. The molecule has 0 aromatic heterocycles. The van der Waals surface area contributed by atoms with E-state index in [1.165, 1.54) is 0 Å². The molecule has 0 fully saturated rings. The number of hydrogen-bond donors (Lipinski definition) is 1. The molecular weight excluding hydrogens is 274 g/mol. The first-order valence-electron chi connectivity index (χ1n) is 6.32. The molecule has 5 heteroatoms. The predicted octanol–water partition coefficient (Wildman–Crippen LogP) is 2.46. The third kappa shape index (κ3) is 3.81. The van der Waals surface area contributed by atoms with Gasteiger partial charge in [0.2, 0.25) is 5.91 Å². The fourth-order valence-corrected chi connectivity index (χ4v) is 3.12. The van der Waals surface area contributed by atoms with Gasteiger partial charge in [0.25, 0.3) is 0 Å². The molecule has 2 rings (SSSR count). The molecule has 0 aliphatic heterocycles. The molecule has 4 nitrogen and oxygen atoms in total. The van der Waals surface area contributed by atoms with E-state index in [1.807, 2.05) is 42.5 Å². The fraction of sp³-hybridized carbons (Fsp3) is 0.267. The highest BCUT2D eigenvalue weighted by Gasteiger charge is 2.18. The van der Waals surface area contributed by atoms with Crippen LogP contribution in [0, 0.1) is 5.92 Å². The molecule has 0 spiro atoms. The molecule has 0 bridgehead atoms. The monoisotopic (exact) mass is 291 g/mol. The summed E-state index contributed by atoms with van der Waals surface area (Å²) in [6.07, 6.45) is 1.13. The second kappa shape index (κ2) is 5.63. The quantitative estimate of drug-likeness (QED) is 0.941. The topological polar surface area (TPSA) is 63.2 Å². The van der Waals surface area contributed by atoms with Gasteiger partial charge >= 0.3 is 0 Å². The fourth-order valence-electron chi connectivity index (χ4n) is 2.06. The van der Waals surface area contributed by atoms with Crippen LogP contribution in [0.5, 0.6) is 0 Å². The zero-order valence-electron chi connectivity index (χ0n) is 11.5. The van der Waals surface area contributed by atoms with Gasteiger partial charge in [-0.1, -0.05) is 37.3 Å². The Morgan fingerprint density at radius 3 is 2.45 bits per heavy atom. The Morgan fingerprint density at radius 1 is 1.15 bits per heavy atom. The number of fused-ring (bicyclic) bond motifs is 1. The van der Waals surface area contributed by atoms with Crippen molar-refractivity contribution in [2.45, 2.75) is 6.92 Å². The summed E-state index contributed by atoms with van der Waals surface area (Å²) in [5, 5.41) is 4.87. The van der Waals surface area contributed by atoms with E-state index in [0.717, 1.165) is 17.0 Å². The lowest BCUT2D eigenvalue weighted by molar-refractivity contribution is -0.118. The number of sulfone groups is 1. The lowest BCUT2D eigenvalue weighted by atomic mass is 10.1. The third-order valence-electron chi connectivity index (χ3n) is 3.02. The van der Waals surface area contributed by atoms with E-state index in [1.54, 1.807) is 6.92 Å². The van der Waals surface area contributed by atoms with E-state index in [0.29, 0.717) is 5.69 Å². The number of benzene rings is 2. The number of amides is 1. The second-order valence-electron chi connectivity index (χ2n) is 5.04. The molecule has 0 aliphatic carbocycles. The maximum atomic E-state index is 12.0. The average molecular weight is 291 g/mol. The van der Waals surface area contributed by atoms with Gasteiger partial charge in [-0.05, 0) is 22.9 Å². The van der Waals surface area contributed by atoms with Crippen LogP contribution >= 0.6 is 0 Å². The van der Waals surface area contributed by atoms with Gasteiger partial charge in [0, 0.05) is 17.9 Å². The standard InChI is InChI=1S/C15H17NO3S/c1-11(10-20(2,18)19)15(17)16-14-8-7-12-5-3-4-6-13(12)9-14/h3-9,11H,10H2,1-2H3,(H,16,17). The van der Waals surface area contributed by atoms with E-state index in [4.69, 9.17) is 0 Å². The third-order valence-corrected chi connectivity index (χ3v) is 4.12. The van der Waals surface area contributed by atoms with Crippen LogP contribution in [-0.2, 0) is 14.6 Å². The van der Waals surface area contributed by atoms with Gasteiger partial charge in [-0.3, -0.25) is 4.79 Å².